The molecular formula is C14H23NO4. The average Bonchev–Trinajstić information content (AvgIpc) is 3.17. The van der Waals surface area contributed by atoms with Crippen molar-refractivity contribution < 1.29 is 19.4 Å². The molecule has 0 heterocycles. The van der Waals surface area contributed by atoms with Crippen LogP contribution in [0.2, 0.25) is 0 Å². The summed E-state index contributed by atoms with van der Waals surface area (Å²) < 4.78 is 5.78. The molecular weight excluding hydrogens is 246 g/mol. The number of hydrogen-bond acceptors (Lipinski definition) is 3. The maximum absolute atomic E-state index is 11.7. The summed E-state index contributed by atoms with van der Waals surface area (Å²) in [4.78, 5) is 22.7. The first kappa shape index (κ1) is 14.3. The molecule has 0 bridgehead atoms. The Balaban J connectivity index is 1.64. The van der Waals surface area contributed by atoms with Gasteiger partial charge in [-0.1, -0.05) is 19.8 Å². The number of nitrogens with one attached hydrogen (secondary N) is 1. The molecule has 0 aliphatic heterocycles. The molecule has 108 valence electrons. The first-order chi connectivity index (χ1) is 9.06. The van der Waals surface area contributed by atoms with Gasteiger partial charge in [0.2, 0.25) is 5.91 Å². The highest BCUT2D eigenvalue weighted by atomic mass is 16.5. The Morgan fingerprint density at radius 3 is 2.58 bits per heavy atom. The van der Waals surface area contributed by atoms with Crippen molar-refractivity contribution in [2.24, 2.45) is 11.3 Å². The third kappa shape index (κ3) is 3.26. The molecule has 0 aromatic heterocycles. The van der Waals surface area contributed by atoms with E-state index in [1.807, 2.05) is 0 Å². The van der Waals surface area contributed by atoms with Crippen LogP contribution in [0.4, 0.5) is 0 Å². The molecule has 0 aromatic rings. The summed E-state index contributed by atoms with van der Waals surface area (Å²) >= 11 is 0. The van der Waals surface area contributed by atoms with Crippen molar-refractivity contribution in [1.82, 2.24) is 5.32 Å². The predicted molar refractivity (Wildman–Crippen MR) is 69.7 cm³/mol. The molecule has 5 heteroatoms. The lowest BCUT2D eigenvalue weighted by Crippen LogP contribution is -2.39. The zero-order chi connectivity index (χ0) is 13.9. The van der Waals surface area contributed by atoms with E-state index in [1.165, 1.54) is 19.3 Å². The lowest BCUT2D eigenvalue weighted by Gasteiger charge is -2.28. The first-order valence-corrected chi connectivity index (χ1v) is 7.19. The van der Waals surface area contributed by atoms with E-state index in [0.29, 0.717) is 38.0 Å². The summed E-state index contributed by atoms with van der Waals surface area (Å²) in [7, 11) is 0. The minimum atomic E-state index is -1.14. The monoisotopic (exact) mass is 269 g/mol. The molecule has 5 nitrogen and oxygen atoms in total. The summed E-state index contributed by atoms with van der Waals surface area (Å²) in [5.41, 5.74) is -1.14. The van der Waals surface area contributed by atoms with Crippen molar-refractivity contribution in [3.8, 4) is 0 Å². The number of carboxylic acids is 1. The highest BCUT2D eigenvalue weighted by molar-refractivity contribution is 6.04. The Morgan fingerprint density at radius 1 is 1.32 bits per heavy atom. The van der Waals surface area contributed by atoms with Crippen molar-refractivity contribution in [2.75, 3.05) is 13.2 Å². The molecule has 0 radical (unpaired) electrons. The summed E-state index contributed by atoms with van der Waals surface area (Å²) in [5.74, 6) is -0.787. The second kappa shape index (κ2) is 5.90. The number of carboxylic acid groups (broad SMARTS) is 1. The van der Waals surface area contributed by atoms with Gasteiger partial charge in [-0.2, -0.15) is 0 Å². The molecule has 2 rings (SSSR count). The minimum Gasteiger partial charge on any atom is -0.480 e. The standard InChI is InChI=1S/C14H23NO4/c1-10-4-2-3-5-11(10)19-9-8-15-12(16)14(6-7-14)13(17)18/h10-11H,2-9H2,1H3,(H,15,16)(H,17,18). The van der Waals surface area contributed by atoms with Crippen LogP contribution in [-0.4, -0.2) is 36.2 Å². The predicted octanol–water partition coefficient (Wildman–Crippen LogP) is 1.56. The van der Waals surface area contributed by atoms with Gasteiger partial charge in [-0.25, -0.2) is 0 Å². The van der Waals surface area contributed by atoms with Gasteiger partial charge < -0.3 is 15.2 Å². The van der Waals surface area contributed by atoms with Gasteiger partial charge in [0, 0.05) is 6.54 Å². The third-order valence-electron chi connectivity index (χ3n) is 4.35. The van der Waals surface area contributed by atoms with Gasteiger partial charge in [-0.3, -0.25) is 9.59 Å². The number of hydrogen-bond donors (Lipinski definition) is 2. The van der Waals surface area contributed by atoms with Gasteiger partial charge in [0.1, 0.15) is 5.41 Å². The van der Waals surface area contributed by atoms with Crippen LogP contribution in [0.25, 0.3) is 0 Å². The van der Waals surface area contributed by atoms with Crippen molar-refractivity contribution >= 4 is 11.9 Å². The fourth-order valence-electron chi connectivity index (χ4n) is 2.74. The number of carbonyl (C=O) groups is 2. The zero-order valence-electron chi connectivity index (χ0n) is 11.5. The maximum atomic E-state index is 11.7. The van der Waals surface area contributed by atoms with Crippen LogP contribution in [0.1, 0.15) is 45.4 Å². The number of aliphatic carboxylic acids is 1. The van der Waals surface area contributed by atoms with Gasteiger partial charge in [0.05, 0.1) is 12.7 Å². The van der Waals surface area contributed by atoms with Gasteiger partial charge in [-0.05, 0) is 31.6 Å². The Hall–Kier alpha value is -1.10. The van der Waals surface area contributed by atoms with E-state index in [2.05, 4.69) is 12.2 Å². The molecule has 2 atom stereocenters. The van der Waals surface area contributed by atoms with E-state index >= 15 is 0 Å². The number of rotatable bonds is 6. The maximum Gasteiger partial charge on any atom is 0.319 e. The first-order valence-electron chi connectivity index (χ1n) is 7.19. The van der Waals surface area contributed by atoms with Crippen LogP contribution in [-0.2, 0) is 14.3 Å². The molecule has 2 unspecified atom stereocenters. The topological polar surface area (TPSA) is 75.6 Å². The molecule has 2 saturated carbocycles. The highest BCUT2D eigenvalue weighted by Gasteiger charge is 2.56. The molecule has 0 spiro atoms. The molecule has 2 N–H and O–H groups in total. The van der Waals surface area contributed by atoms with E-state index in [4.69, 9.17) is 9.84 Å². The lowest BCUT2D eigenvalue weighted by molar-refractivity contribution is -0.149. The van der Waals surface area contributed by atoms with E-state index in [1.54, 1.807) is 0 Å². The van der Waals surface area contributed by atoms with Crippen LogP contribution in [0, 0.1) is 11.3 Å². The second-order valence-electron chi connectivity index (χ2n) is 5.81. The van der Waals surface area contributed by atoms with Gasteiger partial charge in [-0.15, -0.1) is 0 Å². The quantitative estimate of drug-likeness (QED) is 0.567. The van der Waals surface area contributed by atoms with Gasteiger partial charge >= 0.3 is 5.97 Å². The van der Waals surface area contributed by atoms with Crippen molar-refractivity contribution in [3.63, 3.8) is 0 Å². The Labute approximate surface area is 113 Å². The SMILES string of the molecule is CC1CCCCC1OCCNC(=O)C1(C(=O)O)CC1. The molecule has 19 heavy (non-hydrogen) atoms. The van der Waals surface area contributed by atoms with E-state index in [9.17, 15) is 9.59 Å². The second-order valence-corrected chi connectivity index (χ2v) is 5.81. The number of amides is 1. The molecule has 0 saturated heterocycles. The van der Waals surface area contributed by atoms with Crippen molar-refractivity contribution in [3.05, 3.63) is 0 Å². The third-order valence-corrected chi connectivity index (χ3v) is 4.35. The van der Waals surface area contributed by atoms with Gasteiger partial charge in [0.25, 0.3) is 0 Å². The van der Waals surface area contributed by atoms with Gasteiger partial charge in [0.15, 0.2) is 0 Å². The summed E-state index contributed by atoms with van der Waals surface area (Å²) in [5, 5.41) is 11.7. The normalized spacial score (nSPS) is 28.7. The van der Waals surface area contributed by atoms with Crippen LogP contribution in [0.5, 0.6) is 0 Å². The summed E-state index contributed by atoms with van der Waals surface area (Å²) in [6, 6.07) is 0. The van der Waals surface area contributed by atoms with Crippen LogP contribution < -0.4 is 5.32 Å². The fraction of sp³-hybridized carbons (Fsp3) is 0.857. The van der Waals surface area contributed by atoms with E-state index in [0.717, 1.165) is 6.42 Å². The molecule has 2 aliphatic carbocycles. The van der Waals surface area contributed by atoms with E-state index < -0.39 is 11.4 Å². The molecule has 1 amide bonds. The Kier molecular flexibility index (Phi) is 4.45. The Morgan fingerprint density at radius 2 is 2.00 bits per heavy atom. The van der Waals surface area contributed by atoms with Crippen LogP contribution >= 0.6 is 0 Å². The van der Waals surface area contributed by atoms with Crippen LogP contribution in [0.15, 0.2) is 0 Å². The lowest BCUT2D eigenvalue weighted by atomic mass is 9.88. The molecule has 2 aliphatic rings. The molecule has 0 aromatic carbocycles. The zero-order valence-corrected chi connectivity index (χ0v) is 11.5. The smallest absolute Gasteiger partial charge is 0.319 e. The highest BCUT2D eigenvalue weighted by Crippen LogP contribution is 2.45. The average molecular weight is 269 g/mol. The summed E-state index contributed by atoms with van der Waals surface area (Å²) in [6.07, 6.45) is 5.99. The Bertz CT molecular complexity index is 351. The molecule has 2 fully saturated rings. The largest absolute Gasteiger partial charge is 0.480 e. The fourth-order valence-corrected chi connectivity index (χ4v) is 2.74. The van der Waals surface area contributed by atoms with Crippen molar-refractivity contribution in [1.29, 1.82) is 0 Å². The van der Waals surface area contributed by atoms with Crippen LogP contribution in [0.3, 0.4) is 0 Å². The number of carbonyl (C=O) groups excluding carboxylic acids is 1. The number of ether oxygens (including phenoxy) is 1. The van der Waals surface area contributed by atoms with Crippen molar-refractivity contribution in [2.45, 2.75) is 51.6 Å². The summed E-state index contributed by atoms with van der Waals surface area (Å²) in [6.45, 7) is 3.07. The van der Waals surface area contributed by atoms with E-state index in [-0.39, 0.29) is 5.91 Å². The minimum absolute atomic E-state index is 0.292.